The van der Waals surface area contributed by atoms with Crippen molar-refractivity contribution in [3.8, 4) is 0 Å². The van der Waals surface area contributed by atoms with Gasteiger partial charge in [0.25, 0.3) is 0 Å². The zero-order valence-corrected chi connectivity index (χ0v) is 19.5. The number of fused-ring (bicyclic) bond motifs is 1. The Hall–Kier alpha value is -1.64. The average molecular weight is 506 g/mol. The third kappa shape index (κ3) is 5.71. The van der Waals surface area contributed by atoms with Gasteiger partial charge in [-0.15, -0.1) is 24.0 Å². The van der Waals surface area contributed by atoms with E-state index in [1.165, 1.54) is 22.3 Å². The lowest BCUT2D eigenvalue weighted by Crippen LogP contribution is -2.43. The molecule has 4 rings (SSSR count). The van der Waals surface area contributed by atoms with Gasteiger partial charge in [0.05, 0.1) is 13.2 Å². The van der Waals surface area contributed by atoms with Crippen LogP contribution in [-0.4, -0.2) is 55.7 Å². The van der Waals surface area contributed by atoms with Gasteiger partial charge in [0.2, 0.25) is 0 Å². The molecule has 0 spiro atoms. The number of guanidine groups is 1. The van der Waals surface area contributed by atoms with Crippen LogP contribution in [0.4, 0.5) is 0 Å². The molecule has 2 aliphatic rings. The van der Waals surface area contributed by atoms with Crippen LogP contribution in [0.5, 0.6) is 0 Å². The molecule has 2 aliphatic heterocycles. The predicted molar refractivity (Wildman–Crippen MR) is 129 cm³/mol. The minimum atomic E-state index is 0. The number of hydrogen-bond acceptors (Lipinski definition) is 3. The van der Waals surface area contributed by atoms with Crippen molar-refractivity contribution in [1.82, 2.24) is 15.1 Å². The van der Waals surface area contributed by atoms with Crippen molar-refractivity contribution >= 4 is 29.9 Å². The Kier molecular flexibility index (Phi) is 8.32. The van der Waals surface area contributed by atoms with Crippen LogP contribution >= 0.6 is 24.0 Å². The number of rotatable bonds is 4. The molecule has 1 fully saturated rings. The van der Waals surface area contributed by atoms with Crippen molar-refractivity contribution in [3.05, 3.63) is 70.8 Å². The lowest BCUT2D eigenvalue weighted by molar-refractivity contribution is 0.0341. The third-order valence-corrected chi connectivity index (χ3v) is 5.69. The van der Waals surface area contributed by atoms with E-state index in [-0.39, 0.29) is 24.0 Å². The van der Waals surface area contributed by atoms with Gasteiger partial charge in [-0.1, -0.05) is 48.5 Å². The van der Waals surface area contributed by atoms with Crippen LogP contribution in [0.15, 0.2) is 53.5 Å². The first kappa shape index (κ1) is 22.1. The normalized spacial score (nSPS) is 17.4. The van der Waals surface area contributed by atoms with Gasteiger partial charge in [0.1, 0.15) is 0 Å². The van der Waals surface area contributed by atoms with Gasteiger partial charge >= 0.3 is 0 Å². The number of morpholine rings is 1. The molecule has 1 N–H and O–H groups in total. The summed E-state index contributed by atoms with van der Waals surface area (Å²) in [6, 6.07) is 17.5. The van der Waals surface area contributed by atoms with Gasteiger partial charge in [0, 0.05) is 46.3 Å². The molecule has 0 aromatic heterocycles. The van der Waals surface area contributed by atoms with E-state index in [0.29, 0.717) is 0 Å². The van der Waals surface area contributed by atoms with E-state index in [4.69, 9.17) is 4.74 Å². The van der Waals surface area contributed by atoms with E-state index >= 15 is 0 Å². The second kappa shape index (κ2) is 10.9. The minimum Gasteiger partial charge on any atom is -0.379 e. The molecule has 29 heavy (non-hydrogen) atoms. The molecule has 0 aliphatic carbocycles. The summed E-state index contributed by atoms with van der Waals surface area (Å²) in [7, 11) is 1.88. The molecule has 0 bridgehead atoms. The number of halogens is 1. The summed E-state index contributed by atoms with van der Waals surface area (Å²) in [5, 5.41) is 3.60. The van der Waals surface area contributed by atoms with E-state index < -0.39 is 0 Å². The van der Waals surface area contributed by atoms with E-state index in [1.807, 2.05) is 7.05 Å². The van der Waals surface area contributed by atoms with Crippen LogP contribution in [0.3, 0.4) is 0 Å². The largest absolute Gasteiger partial charge is 0.379 e. The Morgan fingerprint density at radius 3 is 2.41 bits per heavy atom. The Bertz CT molecular complexity index is 820. The van der Waals surface area contributed by atoms with Gasteiger partial charge in [-0.2, -0.15) is 0 Å². The van der Waals surface area contributed by atoms with Crippen molar-refractivity contribution < 1.29 is 4.74 Å². The first-order valence-electron chi connectivity index (χ1n) is 10.2. The SMILES string of the molecule is CN=C(NCc1ccccc1CN1CCOCC1)N1CCc2ccccc2C1.I. The van der Waals surface area contributed by atoms with E-state index in [1.54, 1.807) is 0 Å². The summed E-state index contributed by atoms with van der Waals surface area (Å²) < 4.78 is 5.48. The molecule has 0 amide bonds. The summed E-state index contributed by atoms with van der Waals surface area (Å²) in [5.41, 5.74) is 5.60. The van der Waals surface area contributed by atoms with Crippen LogP contribution in [0.1, 0.15) is 22.3 Å². The third-order valence-electron chi connectivity index (χ3n) is 5.69. The molecule has 2 heterocycles. The fourth-order valence-corrected chi connectivity index (χ4v) is 4.07. The van der Waals surface area contributed by atoms with Crippen molar-refractivity contribution in [2.45, 2.75) is 26.1 Å². The highest BCUT2D eigenvalue weighted by atomic mass is 127. The predicted octanol–water partition coefficient (Wildman–Crippen LogP) is 3.27. The van der Waals surface area contributed by atoms with Crippen LogP contribution in [0.2, 0.25) is 0 Å². The van der Waals surface area contributed by atoms with Crippen molar-refractivity contribution in [1.29, 1.82) is 0 Å². The number of nitrogens with zero attached hydrogens (tertiary/aromatic N) is 3. The van der Waals surface area contributed by atoms with Crippen LogP contribution in [-0.2, 0) is 30.8 Å². The van der Waals surface area contributed by atoms with Crippen LogP contribution < -0.4 is 5.32 Å². The second-order valence-electron chi connectivity index (χ2n) is 7.50. The number of aliphatic imine (C=N–C) groups is 1. The lowest BCUT2D eigenvalue weighted by atomic mass is 10.0. The second-order valence-corrected chi connectivity index (χ2v) is 7.50. The maximum Gasteiger partial charge on any atom is 0.194 e. The van der Waals surface area contributed by atoms with Crippen molar-refractivity contribution in [2.24, 2.45) is 4.99 Å². The lowest BCUT2D eigenvalue weighted by Gasteiger charge is -2.32. The summed E-state index contributed by atoms with van der Waals surface area (Å²) in [4.78, 5) is 9.37. The molecular formula is C23H31IN4O. The number of hydrogen-bond donors (Lipinski definition) is 1. The van der Waals surface area contributed by atoms with E-state index in [9.17, 15) is 0 Å². The smallest absolute Gasteiger partial charge is 0.194 e. The zero-order valence-electron chi connectivity index (χ0n) is 17.1. The topological polar surface area (TPSA) is 40.1 Å². The van der Waals surface area contributed by atoms with Crippen molar-refractivity contribution in [2.75, 3.05) is 39.9 Å². The molecule has 6 heteroatoms. The molecule has 2 aromatic rings. The quantitative estimate of drug-likeness (QED) is 0.393. The molecule has 0 radical (unpaired) electrons. The highest BCUT2D eigenvalue weighted by Crippen LogP contribution is 2.19. The first-order valence-corrected chi connectivity index (χ1v) is 10.2. The van der Waals surface area contributed by atoms with Crippen LogP contribution in [0, 0.1) is 0 Å². The Balaban J connectivity index is 0.00000240. The van der Waals surface area contributed by atoms with Crippen molar-refractivity contribution in [3.63, 3.8) is 0 Å². The van der Waals surface area contributed by atoms with Gasteiger partial charge in [-0.25, -0.2) is 0 Å². The number of benzene rings is 2. The number of ether oxygens (including phenoxy) is 1. The molecular weight excluding hydrogens is 475 g/mol. The molecule has 5 nitrogen and oxygen atoms in total. The fraction of sp³-hybridized carbons (Fsp3) is 0.435. The molecule has 156 valence electrons. The molecule has 0 atom stereocenters. The van der Waals surface area contributed by atoms with E-state index in [2.05, 4.69) is 68.6 Å². The summed E-state index contributed by atoms with van der Waals surface area (Å²) in [6.45, 7) is 7.40. The van der Waals surface area contributed by atoms with Gasteiger partial charge < -0.3 is 15.0 Å². The zero-order chi connectivity index (χ0) is 19.2. The summed E-state index contributed by atoms with van der Waals surface area (Å²) >= 11 is 0. The Morgan fingerprint density at radius 2 is 1.66 bits per heavy atom. The summed E-state index contributed by atoms with van der Waals surface area (Å²) in [6.07, 6.45) is 1.07. The molecule has 0 saturated carbocycles. The number of nitrogens with one attached hydrogen (secondary N) is 1. The maximum atomic E-state index is 5.48. The monoisotopic (exact) mass is 506 g/mol. The molecule has 1 saturated heterocycles. The summed E-state index contributed by atoms with van der Waals surface area (Å²) in [5.74, 6) is 0.982. The molecule has 2 aromatic carbocycles. The minimum absolute atomic E-state index is 0. The molecule has 0 unspecified atom stereocenters. The van der Waals surface area contributed by atoms with Crippen LogP contribution in [0.25, 0.3) is 0 Å². The first-order chi connectivity index (χ1) is 13.8. The van der Waals surface area contributed by atoms with Gasteiger partial charge in [-0.05, 0) is 28.7 Å². The highest BCUT2D eigenvalue weighted by molar-refractivity contribution is 14.0. The standard InChI is InChI=1S/C23H30N4O.HI/c1-24-23(27-11-10-19-6-2-4-9-22(19)18-27)25-16-20-7-3-5-8-21(20)17-26-12-14-28-15-13-26;/h2-9H,10-18H2,1H3,(H,24,25);1H. The fourth-order valence-electron chi connectivity index (χ4n) is 4.07. The maximum absolute atomic E-state index is 5.48. The average Bonchev–Trinajstić information content (AvgIpc) is 2.76. The Morgan fingerprint density at radius 1 is 0.966 bits per heavy atom. The van der Waals surface area contributed by atoms with E-state index in [0.717, 1.165) is 64.9 Å². The van der Waals surface area contributed by atoms with Gasteiger partial charge in [0.15, 0.2) is 5.96 Å². The highest BCUT2D eigenvalue weighted by Gasteiger charge is 2.19. The Labute approximate surface area is 191 Å². The van der Waals surface area contributed by atoms with Gasteiger partial charge in [-0.3, -0.25) is 9.89 Å².